The number of methoxy groups -OCH3 is 1. The molecule has 2 nitrogen and oxygen atoms in total. The molecule has 0 radical (unpaired) electrons. The third-order valence-corrected chi connectivity index (χ3v) is 4.16. The van der Waals surface area contributed by atoms with Crippen LogP contribution in [-0.4, -0.2) is 18.3 Å². The predicted molar refractivity (Wildman–Crippen MR) is 79.9 cm³/mol. The molecule has 20 heavy (non-hydrogen) atoms. The number of rotatable bonds is 7. The number of aliphatic hydroxyl groups is 1. The minimum absolute atomic E-state index is 0.237. The molecule has 0 saturated carbocycles. The molecule has 2 rings (SSSR count). The summed E-state index contributed by atoms with van der Waals surface area (Å²) >= 11 is 1.74. The van der Waals surface area contributed by atoms with Crippen molar-refractivity contribution in [2.24, 2.45) is 0 Å². The summed E-state index contributed by atoms with van der Waals surface area (Å²) in [5.74, 6) is -0.142. The highest BCUT2D eigenvalue weighted by Gasteiger charge is 2.09. The Hall–Kier alpha value is -1.39. The minimum Gasteiger partial charge on any atom is -0.494 e. The summed E-state index contributed by atoms with van der Waals surface area (Å²) in [4.78, 5) is 1.34. The van der Waals surface area contributed by atoms with E-state index < -0.39 is 6.10 Å². The van der Waals surface area contributed by atoms with E-state index in [1.54, 1.807) is 23.5 Å². The zero-order chi connectivity index (χ0) is 14.4. The number of halogens is 1. The SMILES string of the molecule is COc1ccc(CC(O)CCCc2cccs2)cc1F. The second-order valence-corrected chi connectivity index (χ2v) is 5.83. The second kappa shape index (κ2) is 7.41. The maximum Gasteiger partial charge on any atom is 0.165 e. The van der Waals surface area contributed by atoms with Crippen molar-refractivity contribution in [3.63, 3.8) is 0 Å². The fourth-order valence-corrected chi connectivity index (χ4v) is 2.93. The highest BCUT2D eigenvalue weighted by Crippen LogP contribution is 2.19. The average molecular weight is 294 g/mol. The van der Waals surface area contributed by atoms with Gasteiger partial charge in [0.15, 0.2) is 11.6 Å². The Labute approximate surface area is 122 Å². The Morgan fingerprint density at radius 2 is 2.20 bits per heavy atom. The van der Waals surface area contributed by atoms with Gasteiger partial charge in [0.05, 0.1) is 13.2 Å². The van der Waals surface area contributed by atoms with Gasteiger partial charge in [-0.05, 0) is 54.8 Å². The molecular formula is C16H19FO2S. The van der Waals surface area contributed by atoms with E-state index >= 15 is 0 Å². The van der Waals surface area contributed by atoms with Crippen LogP contribution >= 0.6 is 11.3 Å². The molecule has 0 amide bonds. The van der Waals surface area contributed by atoms with Crippen LogP contribution in [0.2, 0.25) is 0 Å². The maximum absolute atomic E-state index is 13.5. The number of ether oxygens (including phenoxy) is 1. The molecule has 1 atom stereocenters. The van der Waals surface area contributed by atoms with Crippen LogP contribution in [0.5, 0.6) is 5.75 Å². The van der Waals surface area contributed by atoms with E-state index in [1.165, 1.54) is 18.1 Å². The van der Waals surface area contributed by atoms with Gasteiger partial charge >= 0.3 is 0 Å². The van der Waals surface area contributed by atoms with Crippen molar-refractivity contribution in [2.45, 2.75) is 31.8 Å². The molecule has 0 aliphatic heterocycles. The molecule has 0 spiro atoms. The normalized spacial score (nSPS) is 12.3. The van der Waals surface area contributed by atoms with E-state index in [9.17, 15) is 9.50 Å². The molecule has 0 fully saturated rings. The number of thiophene rings is 1. The Morgan fingerprint density at radius 3 is 2.85 bits per heavy atom. The van der Waals surface area contributed by atoms with E-state index in [4.69, 9.17) is 4.74 Å². The summed E-state index contributed by atoms with van der Waals surface area (Å²) in [7, 11) is 1.44. The van der Waals surface area contributed by atoms with Gasteiger partial charge in [-0.15, -0.1) is 11.3 Å². The van der Waals surface area contributed by atoms with Crippen LogP contribution in [0, 0.1) is 5.82 Å². The van der Waals surface area contributed by atoms with Crippen molar-refractivity contribution in [3.8, 4) is 5.75 Å². The van der Waals surface area contributed by atoms with Crippen molar-refractivity contribution < 1.29 is 14.2 Å². The lowest BCUT2D eigenvalue weighted by Gasteiger charge is -2.11. The first-order valence-electron chi connectivity index (χ1n) is 6.72. The molecule has 4 heteroatoms. The molecule has 0 aliphatic carbocycles. The van der Waals surface area contributed by atoms with Gasteiger partial charge < -0.3 is 9.84 Å². The van der Waals surface area contributed by atoms with Crippen molar-refractivity contribution in [1.82, 2.24) is 0 Å². The lowest BCUT2D eigenvalue weighted by Crippen LogP contribution is -2.11. The third-order valence-electron chi connectivity index (χ3n) is 3.23. The molecule has 1 unspecified atom stereocenters. The van der Waals surface area contributed by atoms with Gasteiger partial charge in [0.25, 0.3) is 0 Å². The van der Waals surface area contributed by atoms with Gasteiger partial charge in [0.2, 0.25) is 0 Å². The summed E-state index contributed by atoms with van der Waals surface area (Å²) < 4.78 is 18.4. The molecule has 1 aromatic carbocycles. The molecule has 1 heterocycles. The van der Waals surface area contributed by atoms with Gasteiger partial charge in [0, 0.05) is 4.88 Å². The molecule has 1 aromatic heterocycles. The zero-order valence-electron chi connectivity index (χ0n) is 11.5. The Bertz CT molecular complexity index is 525. The van der Waals surface area contributed by atoms with Crippen LogP contribution in [0.3, 0.4) is 0 Å². The van der Waals surface area contributed by atoms with Crippen molar-refractivity contribution in [3.05, 3.63) is 52.0 Å². The smallest absolute Gasteiger partial charge is 0.165 e. The quantitative estimate of drug-likeness (QED) is 0.841. The van der Waals surface area contributed by atoms with E-state index in [1.807, 2.05) is 6.07 Å². The number of benzene rings is 1. The topological polar surface area (TPSA) is 29.5 Å². The van der Waals surface area contributed by atoms with E-state index in [-0.39, 0.29) is 11.6 Å². The molecule has 0 bridgehead atoms. The Balaban J connectivity index is 1.79. The molecular weight excluding hydrogens is 275 g/mol. The number of hydrogen-bond acceptors (Lipinski definition) is 3. The van der Waals surface area contributed by atoms with Crippen LogP contribution < -0.4 is 4.74 Å². The van der Waals surface area contributed by atoms with Crippen molar-refractivity contribution in [2.75, 3.05) is 7.11 Å². The van der Waals surface area contributed by atoms with E-state index in [2.05, 4.69) is 11.4 Å². The molecule has 0 saturated heterocycles. The molecule has 0 aliphatic rings. The standard InChI is InChI=1S/C16H19FO2S/c1-19-16-8-7-12(11-15(16)17)10-13(18)4-2-5-14-6-3-9-20-14/h3,6-9,11,13,18H,2,4-5,10H2,1H3. The van der Waals surface area contributed by atoms with Crippen molar-refractivity contribution >= 4 is 11.3 Å². The van der Waals surface area contributed by atoms with E-state index in [0.717, 1.165) is 24.8 Å². The number of hydrogen-bond donors (Lipinski definition) is 1. The van der Waals surface area contributed by atoms with Crippen LogP contribution in [0.25, 0.3) is 0 Å². The van der Waals surface area contributed by atoms with Gasteiger partial charge in [-0.2, -0.15) is 0 Å². The summed E-state index contributed by atoms with van der Waals surface area (Å²) in [5, 5.41) is 12.1. The fraction of sp³-hybridized carbons (Fsp3) is 0.375. The Kier molecular flexibility index (Phi) is 5.56. The van der Waals surface area contributed by atoms with Crippen LogP contribution in [0.1, 0.15) is 23.3 Å². The molecule has 2 aromatic rings. The van der Waals surface area contributed by atoms with Gasteiger partial charge in [-0.1, -0.05) is 12.1 Å². The highest BCUT2D eigenvalue weighted by molar-refractivity contribution is 7.09. The van der Waals surface area contributed by atoms with Gasteiger partial charge in [-0.3, -0.25) is 0 Å². The maximum atomic E-state index is 13.5. The lowest BCUT2D eigenvalue weighted by molar-refractivity contribution is 0.162. The van der Waals surface area contributed by atoms with E-state index in [0.29, 0.717) is 6.42 Å². The van der Waals surface area contributed by atoms with Crippen LogP contribution in [-0.2, 0) is 12.8 Å². The second-order valence-electron chi connectivity index (χ2n) is 4.80. The number of aliphatic hydroxyl groups excluding tert-OH is 1. The molecule has 1 N–H and O–H groups in total. The largest absolute Gasteiger partial charge is 0.494 e. The highest BCUT2D eigenvalue weighted by atomic mass is 32.1. The number of aryl methyl sites for hydroxylation is 1. The molecule has 108 valence electrons. The lowest BCUT2D eigenvalue weighted by atomic mass is 10.0. The fourth-order valence-electron chi connectivity index (χ4n) is 2.18. The summed E-state index contributed by atoms with van der Waals surface area (Å²) in [5.41, 5.74) is 0.798. The van der Waals surface area contributed by atoms with Crippen LogP contribution in [0.4, 0.5) is 4.39 Å². The first-order valence-corrected chi connectivity index (χ1v) is 7.60. The first kappa shape index (κ1) is 15.0. The third kappa shape index (κ3) is 4.32. The average Bonchev–Trinajstić information content (AvgIpc) is 2.92. The van der Waals surface area contributed by atoms with Gasteiger partial charge in [0.1, 0.15) is 0 Å². The zero-order valence-corrected chi connectivity index (χ0v) is 12.3. The summed E-state index contributed by atoms with van der Waals surface area (Å²) in [6.45, 7) is 0. The Morgan fingerprint density at radius 1 is 1.35 bits per heavy atom. The summed E-state index contributed by atoms with van der Waals surface area (Å²) in [6, 6.07) is 8.97. The first-order chi connectivity index (χ1) is 9.69. The monoisotopic (exact) mass is 294 g/mol. The predicted octanol–water partition coefficient (Wildman–Crippen LogP) is 3.82. The summed E-state index contributed by atoms with van der Waals surface area (Å²) in [6.07, 6.45) is 2.71. The van der Waals surface area contributed by atoms with Crippen molar-refractivity contribution in [1.29, 1.82) is 0 Å². The van der Waals surface area contributed by atoms with Gasteiger partial charge in [-0.25, -0.2) is 4.39 Å². The van der Waals surface area contributed by atoms with Crippen LogP contribution in [0.15, 0.2) is 35.7 Å². The minimum atomic E-state index is -0.428.